The van der Waals surface area contributed by atoms with E-state index in [1.165, 1.54) is 89.9 Å². The summed E-state index contributed by atoms with van der Waals surface area (Å²) in [7, 11) is -4.58. The molecule has 0 radical (unpaired) electrons. The van der Waals surface area contributed by atoms with E-state index >= 15 is 0 Å². The minimum Gasteiger partial charge on any atom is -0.374 e. The van der Waals surface area contributed by atoms with Crippen molar-refractivity contribution in [2.75, 3.05) is 19.8 Å². The number of carbonyl (C=O) groups excluding carboxylic acids is 1. The first-order chi connectivity index (χ1) is 14.5. The summed E-state index contributed by atoms with van der Waals surface area (Å²) >= 11 is 0. The number of allylic oxidation sites excluding steroid dienone is 2. The summed E-state index contributed by atoms with van der Waals surface area (Å²) in [6.45, 7) is 1.98. The Morgan fingerprint density at radius 1 is 0.733 bits per heavy atom. The lowest BCUT2D eigenvalue weighted by Crippen LogP contribution is -2.15. The average molecular weight is 449 g/mol. The van der Waals surface area contributed by atoms with Crippen LogP contribution in [0.5, 0.6) is 0 Å². The zero-order valence-electron chi connectivity index (χ0n) is 19.1. The summed E-state index contributed by atoms with van der Waals surface area (Å²) in [5.74, 6) is -0.462. The van der Waals surface area contributed by atoms with Gasteiger partial charge in [-0.1, -0.05) is 89.7 Å². The van der Waals surface area contributed by atoms with Crippen molar-refractivity contribution in [3.63, 3.8) is 0 Å². The van der Waals surface area contributed by atoms with E-state index < -0.39 is 20.2 Å². The lowest BCUT2D eigenvalue weighted by Gasteiger charge is -2.06. The number of ether oxygens (including phenoxy) is 1. The third kappa shape index (κ3) is 25.5. The zero-order valence-corrected chi connectivity index (χ0v) is 20.0. The maximum Gasteiger partial charge on any atom is 0.470 e. The van der Waals surface area contributed by atoms with E-state index in [4.69, 9.17) is 14.5 Å². The van der Waals surface area contributed by atoms with Crippen LogP contribution in [-0.2, 0) is 18.6 Å². The highest BCUT2D eigenvalue weighted by Gasteiger charge is 2.16. The summed E-state index contributed by atoms with van der Waals surface area (Å²) in [6, 6.07) is 0. The molecule has 0 aromatic carbocycles. The summed E-state index contributed by atoms with van der Waals surface area (Å²) in [4.78, 5) is 28.3. The van der Waals surface area contributed by atoms with Crippen molar-refractivity contribution in [3.8, 4) is 0 Å². The van der Waals surface area contributed by atoms with Crippen LogP contribution in [0.2, 0.25) is 0 Å². The monoisotopic (exact) mass is 448 g/mol. The van der Waals surface area contributed by atoms with Crippen molar-refractivity contribution in [1.29, 1.82) is 0 Å². The fraction of sp³-hybridized carbons (Fsp3) is 0.870. The van der Waals surface area contributed by atoms with Crippen LogP contribution in [0.1, 0.15) is 110 Å². The van der Waals surface area contributed by atoms with Crippen LogP contribution in [0.15, 0.2) is 12.2 Å². The van der Waals surface area contributed by atoms with Crippen molar-refractivity contribution >= 4 is 13.6 Å². The SMILES string of the molecule is CCCCCCCC/C=C\CCCCCCCCCCOCC(=O)COP(=O)(O)O. The third-order valence-electron chi connectivity index (χ3n) is 4.96. The molecule has 0 aliphatic rings. The molecule has 2 N–H and O–H groups in total. The van der Waals surface area contributed by atoms with Crippen LogP contribution in [0.3, 0.4) is 0 Å². The minimum absolute atomic E-state index is 0.159. The molecule has 0 saturated heterocycles. The molecule has 0 unspecified atom stereocenters. The normalized spacial score (nSPS) is 12.1. The molecule has 0 spiro atoms. The molecule has 0 aromatic heterocycles. The van der Waals surface area contributed by atoms with Gasteiger partial charge in [-0.2, -0.15) is 0 Å². The predicted molar refractivity (Wildman–Crippen MR) is 123 cm³/mol. The Bertz CT molecular complexity index is 461. The van der Waals surface area contributed by atoms with Crippen molar-refractivity contribution in [3.05, 3.63) is 12.2 Å². The Balaban J connectivity index is 3.20. The largest absolute Gasteiger partial charge is 0.470 e. The van der Waals surface area contributed by atoms with Gasteiger partial charge in [-0.05, 0) is 32.1 Å². The second-order valence-electron chi connectivity index (χ2n) is 8.00. The van der Waals surface area contributed by atoms with E-state index in [1.807, 2.05) is 0 Å². The van der Waals surface area contributed by atoms with Gasteiger partial charge in [0.25, 0.3) is 0 Å². The summed E-state index contributed by atoms with van der Waals surface area (Å²) in [5, 5.41) is 0. The van der Waals surface area contributed by atoms with Crippen molar-refractivity contribution in [2.24, 2.45) is 0 Å². The molecular formula is C23H45O6P. The van der Waals surface area contributed by atoms with Crippen LogP contribution >= 0.6 is 7.82 Å². The Hall–Kier alpha value is -0.520. The smallest absolute Gasteiger partial charge is 0.374 e. The first-order valence-electron chi connectivity index (χ1n) is 11.9. The molecule has 0 rings (SSSR count). The molecule has 0 amide bonds. The Labute approximate surface area is 184 Å². The lowest BCUT2D eigenvalue weighted by atomic mass is 10.1. The highest BCUT2D eigenvalue weighted by molar-refractivity contribution is 7.46. The summed E-state index contributed by atoms with van der Waals surface area (Å²) in [5.41, 5.74) is 0. The van der Waals surface area contributed by atoms with Crippen LogP contribution in [0.25, 0.3) is 0 Å². The van der Waals surface area contributed by atoms with Gasteiger partial charge in [0.15, 0.2) is 5.78 Å². The van der Waals surface area contributed by atoms with Gasteiger partial charge in [0.1, 0.15) is 13.2 Å². The number of carbonyl (C=O) groups is 1. The summed E-state index contributed by atoms with van der Waals surface area (Å²) < 4.78 is 19.8. The molecular weight excluding hydrogens is 403 g/mol. The number of unbranched alkanes of at least 4 members (excludes halogenated alkanes) is 14. The Morgan fingerprint density at radius 3 is 1.70 bits per heavy atom. The molecule has 0 heterocycles. The second kappa shape index (κ2) is 21.7. The second-order valence-corrected chi connectivity index (χ2v) is 9.24. The molecule has 0 atom stereocenters. The van der Waals surface area contributed by atoms with Crippen molar-refractivity contribution in [1.82, 2.24) is 0 Å². The number of phosphoric acid groups is 1. The molecule has 7 heteroatoms. The average Bonchev–Trinajstić information content (AvgIpc) is 2.70. The van der Waals surface area contributed by atoms with Gasteiger partial charge in [0.2, 0.25) is 0 Å². The molecule has 6 nitrogen and oxygen atoms in total. The van der Waals surface area contributed by atoms with E-state index in [2.05, 4.69) is 23.6 Å². The first kappa shape index (κ1) is 29.5. The topological polar surface area (TPSA) is 93.1 Å². The van der Waals surface area contributed by atoms with Crippen molar-refractivity contribution < 1.29 is 28.4 Å². The van der Waals surface area contributed by atoms with Gasteiger partial charge in [-0.25, -0.2) is 4.57 Å². The highest BCUT2D eigenvalue weighted by Crippen LogP contribution is 2.35. The van der Waals surface area contributed by atoms with Gasteiger partial charge >= 0.3 is 7.82 Å². The molecule has 0 fully saturated rings. The number of hydrogen-bond donors (Lipinski definition) is 2. The van der Waals surface area contributed by atoms with E-state index in [9.17, 15) is 9.36 Å². The van der Waals surface area contributed by atoms with Gasteiger partial charge in [-0.3, -0.25) is 9.32 Å². The molecule has 0 aromatic rings. The predicted octanol–water partition coefficient (Wildman–Crippen LogP) is 6.50. The third-order valence-corrected chi connectivity index (χ3v) is 5.42. The number of rotatable bonds is 23. The lowest BCUT2D eigenvalue weighted by molar-refractivity contribution is -0.126. The molecule has 30 heavy (non-hydrogen) atoms. The highest BCUT2D eigenvalue weighted by atomic mass is 31.2. The molecule has 178 valence electrons. The number of phosphoric ester groups is 1. The number of Topliss-reactive ketones (excluding diaryl/α,β-unsaturated/α-hetero) is 1. The fourth-order valence-electron chi connectivity index (χ4n) is 3.19. The van der Waals surface area contributed by atoms with E-state index in [0.717, 1.165) is 12.8 Å². The molecule has 0 aliphatic carbocycles. The maximum absolute atomic E-state index is 11.3. The van der Waals surface area contributed by atoms with Crippen LogP contribution in [0, 0.1) is 0 Å². The Kier molecular flexibility index (Phi) is 21.3. The number of ketones is 1. The van der Waals surface area contributed by atoms with E-state index in [1.54, 1.807) is 0 Å². The first-order valence-corrected chi connectivity index (χ1v) is 13.4. The van der Waals surface area contributed by atoms with Gasteiger partial charge in [0.05, 0.1) is 0 Å². The molecule has 0 aliphatic heterocycles. The van der Waals surface area contributed by atoms with Crippen LogP contribution in [-0.4, -0.2) is 35.4 Å². The minimum atomic E-state index is -4.58. The Morgan fingerprint density at radius 2 is 1.20 bits per heavy atom. The summed E-state index contributed by atoms with van der Waals surface area (Å²) in [6.07, 6.45) is 25.0. The zero-order chi connectivity index (χ0) is 22.3. The van der Waals surface area contributed by atoms with Crippen LogP contribution < -0.4 is 0 Å². The van der Waals surface area contributed by atoms with E-state index in [0.29, 0.717) is 6.61 Å². The molecule has 0 bridgehead atoms. The maximum atomic E-state index is 11.3. The number of hydrogen-bond acceptors (Lipinski definition) is 4. The van der Waals surface area contributed by atoms with Crippen LogP contribution in [0.4, 0.5) is 0 Å². The standard InChI is InChI=1S/C23H45O6P/c1-2-3-4-5-6-7-8-9-10-11-12-13-14-15-16-17-18-19-20-28-21-23(24)22-29-30(25,26)27/h9-10H,2-8,11-22H2,1H3,(H2,25,26,27)/b10-9-. The van der Waals surface area contributed by atoms with Crippen molar-refractivity contribution in [2.45, 2.75) is 110 Å². The van der Waals surface area contributed by atoms with Gasteiger partial charge in [-0.15, -0.1) is 0 Å². The van der Waals surface area contributed by atoms with E-state index in [-0.39, 0.29) is 6.61 Å². The quantitative estimate of drug-likeness (QED) is 0.105. The molecule has 0 saturated carbocycles. The fourth-order valence-corrected chi connectivity index (χ4v) is 3.50. The van der Waals surface area contributed by atoms with Gasteiger partial charge in [0, 0.05) is 6.61 Å². The van der Waals surface area contributed by atoms with Gasteiger partial charge < -0.3 is 14.5 Å².